The Morgan fingerprint density at radius 1 is 1.24 bits per heavy atom. The van der Waals surface area contributed by atoms with Gasteiger partial charge in [-0.1, -0.05) is 25.5 Å². The van der Waals surface area contributed by atoms with Crippen molar-refractivity contribution in [1.82, 2.24) is 0 Å². The summed E-state index contributed by atoms with van der Waals surface area (Å²) < 4.78 is 37.9. The summed E-state index contributed by atoms with van der Waals surface area (Å²) >= 11 is 0. The lowest BCUT2D eigenvalue weighted by molar-refractivity contribution is -0.137. The molecule has 0 aliphatic rings. The Balaban J connectivity index is 3.14. The molecule has 0 saturated heterocycles. The molecule has 0 unspecified atom stereocenters. The molecule has 0 aromatic heterocycles. The first-order chi connectivity index (χ1) is 7.84. The van der Waals surface area contributed by atoms with Crippen molar-refractivity contribution in [3.8, 4) is 0 Å². The van der Waals surface area contributed by atoms with Crippen molar-refractivity contribution >= 4 is 5.57 Å². The maximum atomic E-state index is 12.6. The summed E-state index contributed by atoms with van der Waals surface area (Å²) in [4.78, 5) is 0. The minimum Gasteiger partial charge on any atom is -0.166 e. The monoisotopic (exact) mass is 242 g/mol. The lowest BCUT2D eigenvalue weighted by atomic mass is 10.00. The zero-order valence-electron chi connectivity index (χ0n) is 10.4. The van der Waals surface area contributed by atoms with E-state index in [9.17, 15) is 13.2 Å². The average Bonchev–Trinajstić information content (AvgIpc) is 2.23. The number of alkyl halides is 3. The molecule has 1 rings (SSSR count). The molecule has 0 atom stereocenters. The van der Waals surface area contributed by atoms with Crippen LogP contribution in [0.25, 0.3) is 5.57 Å². The Labute approximate surface area is 100 Å². The largest absolute Gasteiger partial charge is 0.416 e. The number of hydrogen-bond donors (Lipinski definition) is 0. The topological polar surface area (TPSA) is 0 Å². The van der Waals surface area contributed by atoms with E-state index in [1.54, 1.807) is 13.0 Å². The minimum absolute atomic E-state index is 0.572. The van der Waals surface area contributed by atoms with Gasteiger partial charge in [0.2, 0.25) is 0 Å². The SMILES string of the molecule is CCC/C=C(/C)c1cc(C)cc(C(F)(F)F)c1. The number of hydrogen-bond acceptors (Lipinski definition) is 0. The van der Waals surface area contributed by atoms with Gasteiger partial charge in [-0.05, 0) is 49.1 Å². The van der Waals surface area contributed by atoms with Crippen LogP contribution in [0.3, 0.4) is 0 Å². The van der Waals surface area contributed by atoms with Gasteiger partial charge in [-0.3, -0.25) is 0 Å². The first kappa shape index (κ1) is 13.8. The fraction of sp³-hybridized carbons (Fsp3) is 0.429. The fourth-order valence-corrected chi connectivity index (χ4v) is 1.65. The van der Waals surface area contributed by atoms with E-state index in [-0.39, 0.29) is 0 Å². The highest BCUT2D eigenvalue weighted by Crippen LogP contribution is 2.32. The second kappa shape index (κ2) is 5.39. The number of unbranched alkanes of at least 4 members (excludes halogenated alkanes) is 1. The van der Waals surface area contributed by atoms with Gasteiger partial charge in [0.1, 0.15) is 0 Å². The summed E-state index contributed by atoms with van der Waals surface area (Å²) in [5.74, 6) is 0. The minimum atomic E-state index is -4.27. The lowest BCUT2D eigenvalue weighted by Crippen LogP contribution is -2.05. The Morgan fingerprint density at radius 3 is 2.41 bits per heavy atom. The van der Waals surface area contributed by atoms with E-state index < -0.39 is 11.7 Å². The average molecular weight is 242 g/mol. The zero-order chi connectivity index (χ0) is 13.1. The van der Waals surface area contributed by atoms with Gasteiger partial charge in [-0.15, -0.1) is 0 Å². The molecule has 0 N–H and O–H groups in total. The maximum Gasteiger partial charge on any atom is 0.416 e. The van der Waals surface area contributed by atoms with Crippen LogP contribution in [-0.2, 0) is 6.18 Å². The molecule has 0 fully saturated rings. The summed E-state index contributed by atoms with van der Waals surface area (Å²) in [5, 5.41) is 0. The van der Waals surface area contributed by atoms with E-state index in [2.05, 4.69) is 0 Å². The molecule has 1 aromatic carbocycles. The third-order valence-corrected chi connectivity index (χ3v) is 2.60. The summed E-state index contributed by atoms with van der Waals surface area (Å²) in [6.07, 6.45) is -0.406. The van der Waals surface area contributed by atoms with Gasteiger partial charge >= 0.3 is 6.18 Å². The Morgan fingerprint density at radius 2 is 1.88 bits per heavy atom. The van der Waals surface area contributed by atoms with E-state index in [0.717, 1.165) is 18.4 Å². The molecule has 0 bridgehead atoms. The highest BCUT2D eigenvalue weighted by Gasteiger charge is 2.30. The van der Waals surface area contributed by atoms with Crippen LogP contribution >= 0.6 is 0 Å². The predicted octanol–water partition coefficient (Wildman–Crippen LogP) is 5.22. The van der Waals surface area contributed by atoms with Gasteiger partial charge in [0.25, 0.3) is 0 Å². The molecule has 94 valence electrons. The highest BCUT2D eigenvalue weighted by molar-refractivity contribution is 5.65. The molecule has 0 amide bonds. The summed E-state index contributed by atoms with van der Waals surface area (Å²) in [6.45, 7) is 5.58. The second-order valence-corrected chi connectivity index (χ2v) is 4.26. The van der Waals surface area contributed by atoms with E-state index in [1.165, 1.54) is 12.1 Å². The molecule has 0 heterocycles. The van der Waals surface area contributed by atoms with Crippen LogP contribution < -0.4 is 0 Å². The molecule has 0 nitrogen and oxygen atoms in total. The van der Waals surface area contributed by atoms with Crippen LogP contribution in [0.15, 0.2) is 24.3 Å². The van der Waals surface area contributed by atoms with E-state index >= 15 is 0 Å². The maximum absolute atomic E-state index is 12.6. The lowest BCUT2D eigenvalue weighted by Gasteiger charge is -2.11. The van der Waals surface area contributed by atoms with E-state index in [0.29, 0.717) is 11.1 Å². The molecule has 0 aliphatic carbocycles. The highest BCUT2D eigenvalue weighted by atomic mass is 19.4. The van der Waals surface area contributed by atoms with Gasteiger partial charge in [0, 0.05) is 0 Å². The van der Waals surface area contributed by atoms with Crippen molar-refractivity contribution in [3.05, 3.63) is 41.0 Å². The van der Waals surface area contributed by atoms with Gasteiger partial charge in [0.15, 0.2) is 0 Å². The first-order valence-corrected chi connectivity index (χ1v) is 5.70. The fourth-order valence-electron chi connectivity index (χ4n) is 1.65. The van der Waals surface area contributed by atoms with Crippen LogP contribution in [0.5, 0.6) is 0 Å². The molecular weight excluding hydrogens is 225 g/mol. The number of aryl methyl sites for hydroxylation is 1. The molecule has 0 saturated carbocycles. The molecule has 17 heavy (non-hydrogen) atoms. The van der Waals surface area contributed by atoms with Gasteiger partial charge in [-0.25, -0.2) is 0 Å². The van der Waals surface area contributed by atoms with Crippen LogP contribution in [0, 0.1) is 6.92 Å². The van der Waals surface area contributed by atoms with Crippen LogP contribution in [0.2, 0.25) is 0 Å². The van der Waals surface area contributed by atoms with Crippen molar-refractivity contribution in [2.75, 3.05) is 0 Å². The summed E-state index contributed by atoms with van der Waals surface area (Å²) in [6, 6.07) is 4.18. The third kappa shape index (κ3) is 3.91. The van der Waals surface area contributed by atoms with Crippen LogP contribution in [-0.4, -0.2) is 0 Å². The third-order valence-electron chi connectivity index (χ3n) is 2.60. The van der Waals surface area contributed by atoms with Gasteiger partial charge in [0.05, 0.1) is 5.56 Å². The quantitative estimate of drug-likeness (QED) is 0.681. The Bertz CT molecular complexity index is 414. The molecule has 0 radical (unpaired) electrons. The van der Waals surface area contributed by atoms with Crippen molar-refractivity contribution in [3.63, 3.8) is 0 Å². The van der Waals surface area contributed by atoms with Crippen LogP contribution in [0.4, 0.5) is 13.2 Å². The Hall–Kier alpha value is -1.25. The van der Waals surface area contributed by atoms with Crippen molar-refractivity contribution in [2.45, 2.75) is 39.8 Å². The predicted molar refractivity (Wildman–Crippen MR) is 64.7 cm³/mol. The smallest absolute Gasteiger partial charge is 0.166 e. The van der Waals surface area contributed by atoms with Crippen molar-refractivity contribution < 1.29 is 13.2 Å². The Kier molecular flexibility index (Phi) is 4.38. The standard InChI is InChI=1S/C14H17F3/c1-4-5-6-11(3)12-7-10(2)8-13(9-12)14(15,16)17/h6-9H,4-5H2,1-3H3/b11-6-. The molecular formula is C14H17F3. The summed E-state index contributed by atoms with van der Waals surface area (Å²) in [5.41, 5.74) is 1.63. The molecule has 0 aliphatic heterocycles. The number of halogens is 3. The molecule has 1 aromatic rings. The number of rotatable bonds is 3. The van der Waals surface area contributed by atoms with Crippen molar-refractivity contribution in [2.24, 2.45) is 0 Å². The van der Waals surface area contributed by atoms with Gasteiger partial charge < -0.3 is 0 Å². The van der Waals surface area contributed by atoms with E-state index in [1.807, 2.05) is 19.9 Å². The van der Waals surface area contributed by atoms with Gasteiger partial charge in [-0.2, -0.15) is 13.2 Å². The van der Waals surface area contributed by atoms with E-state index in [4.69, 9.17) is 0 Å². The van der Waals surface area contributed by atoms with Crippen LogP contribution in [0.1, 0.15) is 43.4 Å². The normalized spacial score (nSPS) is 12.9. The summed E-state index contributed by atoms with van der Waals surface area (Å²) in [7, 11) is 0. The first-order valence-electron chi connectivity index (χ1n) is 5.70. The molecule has 0 spiro atoms. The van der Waals surface area contributed by atoms with Crippen molar-refractivity contribution in [1.29, 1.82) is 0 Å². The molecule has 3 heteroatoms. The number of allylic oxidation sites excluding steroid dienone is 2. The number of benzene rings is 1. The second-order valence-electron chi connectivity index (χ2n) is 4.26. The zero-order valence-corrected chi connectivity index (χ0v) is 10.4.